The predicted octanol–water partition coefficient (Wildman–Crippen LogP) is 1.22. The lowest BCUT2D eigenvalue weighted by Gasteiger charge is -2.39. The number of aliphatic carboxylic acids is 1. The summed E-state index contributed by atoms with van der Waals surface area (Å²) in [5.74, 6) is -2.46. The molecule has 0 spiro atoms. The Hall–Kier alpha value is -2.70. The average Bonchev–Trinajstić information content (AvgIpc) is 2.73. The number of aliphatic hydroxyl groups is 1. The van der Waals surface area contributed by atoms with Crippen LogP contribution in [0.2, 0.25) is 0 Å². The SMILES string of the molecule is COC(=O)OC(c1ccccc1)C(OS(=O)(=O)CCCNC(C)=O)C(C)(C)[C@@H](O)C(=O)O. The molecule has 3 N–H and O–H groups in total. The van der Waals surface area contributed by atoms with Crippen LogP contribution in [-0.4, -0.2) is 68.3 Å². The molecule has 2 unspecified atom stereocenters. The average molecular weight is 476 g/mol. The van der Waals surface area contributed by atoms with Gasteiger partial charge in [0.1, 0.15) is 6.10 Å². The van der Waals surface area contributed by atoms with Gasteiger partial charge in [-0.25, -0.2) is 9.59 Å². The maximum atomic E-state index is 12.7. The Morgan fingerprint density at radius 1 is 1.16 bits per heavy atom. The van der Waals surface area contributed by atoms with Gasteiger partial charge in [0.2, 0.25) is 5.91 Å². The summed E-state index contributed by atoms with van der Waals surface area (Å²) in [6, 6.07) is 7.92. The standard InChI is InChI=1S/C20H29NO10S/c1-13(22)21-11-8-12-32(27,28)31-17(20(2,3)16(23)18(24)25)15(30-19(26)29-4)14-9-6-5-7-10-14/h5-7,9-10,15-17,23H,8,11-12H2,1-4H3,(H,21,22)(H,24,25)/t15?,16-,17?/m0/s1. The Morgan fingerprint density at radius 3 is 2.25 bits per heavy atom. The predicted molar refractivity (Wildman–Crippen MR) is 112 cm³/mol. The lowest BCUT2D eigenvalue weighted by Crippen LogP contribution is -2.50. The first-order valence-electron chi connectivity index (χ1n) is 9.67. The molecule has 1 rings (SSSR count). The maximum absolute atomic E-state index is 12.7. The van der Waals surface area contributed by atoms with Gasteiger partial charge in [-0.3, -0.25) is 8.98 Å². The molecule has 0 aliphatic carbocycles. The van der Waals surface area contributed by atoms with E-state index >= 15 is 0 Å². The van der Waals surface area contributed by atoms with Crippen molar-refractivity contribution >= 4 is 28.1 Å². The molecule has 1 aromatic rings. The fourth-order valence-electron chi connectivity index (χ4n) is 2.86. The molecule has 0 fully saturated rings. The van der Waals surface area contributed by atoms with Crippen molar-refractivity contribution in [3.63, 3.8) is 0 Å². The van der Waals surface area contributed by atoms with Gasteiger partial charge in [-0.05, 0) is 12.0 Å². The van der Waals surface area contributed by atoms with Gasteiger partial charge < -0.3 is 25.0 Å². The van der Waals surface area contributed by atoms with Crippen molar-refractivity contribution in [3.05, 3.63) is 35.9 Å². The van der Waals surface area contributed by atoms with Gasteiger partial charge in [-0.1, -0.05) is 44.2 Å². The van der Waals surface area contributed by atoms with Gasteiger partial charge >= 0.3 is 12.1 Å². The topological polar surface area (TPSA) is 166 Å². The number of benzene rings is 1. The summed E-state index contributed by atoms with van der Waals surface area (Å²) in [5.41, 5.74) is -1.45. The molecule has 0 bridgehead atoms. The number of aliphatic hydroxyl groups excluding tert-OH is 1. The van der Waals surface area contributed by atoms with Crippen LogP contribution in [0.15, 0.2) is 30.3 Å². The number of hydrogen-bond donors (Lipinski definition) is 3. The van der Waals surface area contributed by atoms with Gasteiger partial charge in [0, 0.05) is 18.9 Å². The Morgan fingerprint density at radius 2 is 1.75 bits per heavy atom. The first kappa shape index (κ1) is 27.3. The van der Waals surface area contributed by atoms with Gasteiger partial charge in [0.05, 0.1) is 12.9 Å². The molecular weight excluding hydrogens is 446 g/mol. The van der Waals surface area contributed by atoms with Crippen LogP contribution in [-0.2, 0) is 33.4 Å². The van der Waals surface area contributed by atoms with Gasteiger partial charge in [0.15, 0.2) is 12.2 Å². The van der Waals surface area contributed by atoms with Crippen LogP contribution in [0.4, 0.5) is 4.79 Å². The van der Waals surface area contributed by atoms with Crippen molar-refractivity contribution in [2.45, 2.75) is 45.5 Å². The number of carboxylic acids is 1. The normalized spacial score (nSPS) is 14.7. The zero-order valence-electron chi connectivity index (χ0n) is 18.3. The molecule has 180 valence electrons. The lowest BCUT2D eigenvalue weighted by atomic mass is 9.77. The number of amides is 1. The smallest absolute Gasteiger partial charge is 0.479 e. The van der Waals surface area contributed by atoms with E-state index in [0.29, 0.717) is 5.56 Å². The lowest BCUT2D eigenvalue weighted by molar-refractivity contribution is -0.162. The van der Waals surface area contributed by atoms with E-state index in [9.17, 15) is 33.0 Å². The number of methoxy groups -OCH3 is 1. The van der Waals surface area contributed by atoms with Gasteiger partial charge in [0.25, 0.3) is 10.1 Å². The van der Waals surface area contributed by atoms with E-state index in [1.807, 2.05) is 0 Å². The number of nitrogens with one attached hydrogen (secondary N) is 1. The molecule has 11 nitrogen and oxygen atoms in total. The molecular formula is C20H29NO10S. The molecule has 0 aliphatic rings. The number of hydrogen-bond acceptors (Lipinski definition) is 9. The maximum Gasteiger partial charge on any atom is 0.508 e. The van der Waals surface area contributed by atoms with E-state index in [1.165, 1.54) is 32.9 Å². The minimum atomic E-state index is -4.30. The van der Waals surface area contributed by atoms with Crippen LogP contribution in [0.1, 0.15) is 38.9 Å². The highest BCUT2D eigenvalue weighted by molar-refractivity contribution is 7.86. The Labute approximate surface area is 186 Å². The quantitative estimate of drug-likeness (QED) is 0.227. The zero-order valence-corrected chi connectivity index (χ0v) is 19.1. The van der Waals surface area contributed by atoms with Crippen LogP contribution in [0, 0.1) is 5.41 Å². The second kappa shape index (κ2) is 11.8. The van der Waals surface area contributed by atoms with Crippen molar-refractivity contribution in [3.8, 4) is 0 Å². The largest absolute Gasteiger partial charge is 0.508 e. The highest BCUT2D eigenvalue weighted by Gasteiger charge is 2.49. The van der Waals surface area contributed by atoms with E-state index in [4.69, 9.17) is 8.92 Å². The van der Waals surface area contributed by atoms with E-state index in [-0.39, 0.29) is 18.9 Å². The second-order valence-electron chi connectivity index (χ2n) is 7.58. The third-order valence-corrected chi connectivity index (χ3v) is 5.95. The number of ether oxygens (including phenoxy) is 2. The van der Waals surface area contributed by atoms with Crippen LogP contribution >= 0.6 is 0 Å². The van der Waals surface area contributed by atoms with Crippen molar-refractivity contribution in [2.75, 3.05) is 19.4 Å². The van der Waals surface area contributed by atoms with Gasteiger partial charge in [-0.15, -0.1) is 0 Å². The summed E-state index contributed by atoms with van der Waals surface area (Å²) in [6.45, 7) is 3.91. The first-order chi connectivity index (χ1) is 14.8. The first-order valence-corrected chi connectivity index (χ1v) is 11.3. The molecule has 32 heavy (non-hydrogen) atoms. The number of carboxylic acid groups (broad SMARTS) is 1. The number of carbonyl (C=O) groups is 3. The molecule has 12 heteroatoms. The summed E-state index contributed by atoms with van der Waals surface area (Å²) in [6.07, 6.45) is -6.27. The van der Waals surface area contributed by atoms with Crippen LogP contribution in [0.3, 0.4) is 0 Å². The molecule has 0 aliphatic heterocycles. The minimum Gasteiger partial charge on any atom is -0.479 e. The Balaban J connectivity index is 3.38. The fourth-order valence-corrected chi connectivity index (χ4v) is 4.12. The van der Waals surface area contributed by atoms with Crippen molar-refractivity contribution in [1.29, 1.82) is 0 Å². The van der Waals surface area contributed by atoms with Crippen molar-refractivity contribution in [1.82, 2.24) is 5.32 Å². The minimum absolute atomic E-state index is 0.0183. The third kappa shape index (κ3) is 8.09. The van der Waals surface area contributed by atoms with E-state index in [2.05, 4.69) is 10.1 Å². The Bertz CT molecular complexity index is 885. The summed E-state index contributed by atoms with van der Waals surface area (Å²) in [7, 11) is -3.25. The molecule has 0 aromatic heterocycles. The van der Waals surface area contributed by atoms with E-state index in [0.717, 1.165) is 7.11 Å². The van der Waals surface area contributed by atoms with Crippen LogP contribution in [0.5, 0.6) is 0 Å². The number of rotatable bonds is 12. The molecule has 1 aromatic carbocycles. The highest BCUT2D eigenvalue weighted by Crippen LogP contribution is 2.39. The second-order valence-corrected chi connectivity index (χ2v) is 9.30. The number of carbonyl (C=O) groups excluding carboxylic acids is 2. The van der Waals surface area contributed by atoms with Crippen molar-refractivity contribution in [2.24, 2.45) is 5.41 Å². The molecule has 3 atom stereocenters. The summed E-state index contributed by atoms with van der Waals surface area (Å²) < 4.78 is 40.5. The summed E-state index contributed by atoms with van der Waals surface area (Å²) >= 11 is 0. The fraction of sp³-hybridized carbons (Fsp3) is 0.550. The molecule has 1 amide bonds. The van der Waals surface area contributed by atoms with E-state index in [1.54, 1.807) is 18.2 Å². The van der Waals surface area contributed by atoms with E-state index < -0.39 is 51.7 Å². The van der Waals surface area contributed by atoms with Crippen molar-refractivity contribution < 1.29 is 46.7 Å². The molecule has 0 saturated carbocycles. The molecule has 0 saturated heterocycles. The van der Waals surface area contributed by atoms with Crippen LogP contribution in [0.25, 0.3) is 0 Å². The summed E-state index contributed by atoms with van der Waals surface area (Å²) in [5, 5.41) is 22.1. The van der Waals surface area contributed by atoms with Gasteiger partial charge in [-0.2, -0.15) is 8.42 Å². The highest BCUT2D eigenvalue weighted by atomic mass is 32.2. The van der Waals surface area contributed by atoms with Crippen LogP contribution < -0.4 is 5.32 Å². The molecule has 0 radical (unpaired) electrons. The Kier molecular flexibility index (Phi) is 10.1. The third-order valence-electron chi connectivity index (χ3n) is 4.66. The monoisotopic (exact) mass is 475 g/mol. The molecule has 0 heterocycles. The zero-order chi connectivity index (χ0) is 24.5. The summed E-state index contributed by atoms with van der Waals surface area (Å²) in [4.78, 5) is 34.4.